The molecule has 2 atom stereocenters. The lowest BCUT2D eigenvalue weighted by atomic mass is 10.0. The summed E-state index contributed by atoms with van der Waals surface area (Å²) in [6.45, 7) is 2.09. The van der Waals surface area contributed by atoms with Crippen molar-refractivity contribution in [3.8, 4) is 0 Å². The van der Waals surface area contributed by atoms with E-state index in [1.54, 1.807) is 31.2 Å². The minimum Gasteiger partial charge on any atom is -0.390 e. The van der Waals surface area contributed by atoms with Gasteiger partial charge in [0.05, 0.1) is 23.7 Å². The SMILES string of the molecule is CCN(C(=O)CCCC(=O)c1ccccc1)[C@@H]1CS(=O)(=O)C[C@H]1O. The highest BCUT2D eigenvalue weighted by molar-refractivity contribution is 7.91. The Hall–Kier alpha value is -1.73. The number of aliphatic hydroxyl groups is 1. The van der Waals surface area contributed by atoms with Crippen LogP contribution in [0.5, 0.6) is 0 Å². The Bertz CT molecular complexity index is 686. The zero-order chi connectivity index (χ0) is 17.7. The topological polar surface area (TPSA) is 91.8 Å². The molecule has 0 spiro atoms. The molecule has 1 N–H and O–H groups in total. The quantitative estimate of drug-likeness (QED) is 0.740. The fraction of sp³-hybridized carbons (Fsp3) is 0.529. The number of amides is 1. The lowest BCUT2D eigenvalue weighted by Crippen LogP contribution is -2.46. The van der Waals surface area contributed by atoms with E-state index in [1.807, 2.05) is 6.07 Å². The Balaban J connectivity index is 1.88. The van der Waals surface area contributed by atoms with Crippen molar-refractivity contribution in [1.82, 2.24) is 4.90 Å². The molecular weight excluding hydrogens is 330 g/mol. The van der Waals surface area contributed by atoms with Gasteiger partial charge in [0.1, 0.15) is 0 Å². The van der Waals surface area contributed by atoms with Gasteiger partial charge in [0.25, 0.3) is 0 Å². The van der Waals surface area contributed by atoms with Crippen LogP contribution in [0.1, 0.15) is 36.5 Å². The predicted molar refractivity (Wildman–Crippen MR) is 90.5 cm³/mol. The lowest BCUT2D eigenvalue weighted by Gasteiger charge is -2.29. The summed E-state index contributed by atoms with van der Waals surface area (Å²) in [5.74, 6) is -0.737. The normalized spacial score (nSPS) is 22.2. The first-order valence-electron chi connectivity index (χ1n) is 8.10. The van der Waals surface area contributed by atoms with E-state index in [4.69, 9.17) is 0 Å². The van der Waals surface area contributed by atoms with Crippen molar-refractivity contribution >= 4 is 21.5 Å². The molecule has 0 radical (unpaired) electrons. The van der Waals surface area contributed by atoms with Gasteiger partial charge in [0.2, 0.25) is 5.91 Å². The van der Waals surface area contributed by atoms with E-state index in [9.17, 15) is 23.1 Å². The van der Waals surface area contributed by atoms with Crippen LogP contribution in [0.4, 0.5) is 0 Å². The Morgan fingerprint density at radius 1 is 1.17 bits per heavy atom. The van der Waals surface area contributed by atoms with Gasteiger partial charge in [-0.05, 0) is 13.3 Å². The van der Waals surface area contributed by atoms with Crippen molar-refractivity contribution in [3.05, 3.63) is 35.9 Å². The zero-order valence-electron chi connectivity index (χ0n) is 13.7. The van der Waals surface area contributed by atoms with Crippen LogP contribution >= 0.6 is 0 Å². The number of ketones is 1. The van der Waals surface area contributed by atoms with E-state index in [1.165, 1.54) is 4.90 Å². The van der Waals surface area contributed by atoms with Gasteiger partial charge in [0.15, 0.2) is 15.6 Å². The van der Waals surface area contributed by atoms with Crippen molar-refractivity contribution in [1.29, 1.82) is 0 Å². The van der Waals surface area contributed by atoms with Crippen molar-refractivity contribution in [2.24, 2.45) is 0 Å². The summed E-state index contributed by atoms with van der Waals surface area (Å²) < 4.78 is 23.2. The second kappa shape index (κ2) is 7.90. The molecule has 7 heteroatoms. The minimum atomic E-state index is -3.30. The number of aliphatic hydroxyl groups excluding tert-OH is 1. The van der Waals surface area contributed by atoms with Crippen LogP contribution in [0.25, 0.3) is 0 Å². The molecule has 24 heavy (non-hydrogen) atoms. The van der Waals surface area contributed by atoms with Gasteiger partial charge >= 0.3 is 0 Å². The molecule has 6 nitrogen and oxygen atoms in total. The summed E-state index contributed by atoms with van der Waals surface area (Å²) in [4.78, 5) is 25.8. The summed E-state index contributed by atoms with van der Waals surface area (Å²) >= 11 is 0. The number of carbonyl (C=O) groups is 2. The molecule has 1 saturated heterocycles. The van der Waals surface area contributed by atoms with Crippen molar-refractivity contribution in [2.75, 3.05) is 18.1 Å². The fourth-order valence-corrected chi connectivity index (χ4v) is 4.82. The highest BCUT2D eigenvalue weighted by atomic mass is 32.2. The largest absolute Gasteiger partial charge is 0.390 e. The Kier molecular flexibility index (Phi) is 6.12. The average molecular weight is 353 g/mol. The maximum Gasteiger partial charge on any atom is 0.222 e. The van der Waals surface area contributed by atoms with Gasteiger partial charge in [-0.15, -0.1) is 0 Å². The Labute approximate surface area is 142 Å². The molecule has 0 aliphatic carbocycles. The minimum absolute atomic E-state index is 0.0186. The Morgan fingerprint density at radius 3 is 2.38 bits per heavy atom. The van der Waals surface area contributed by atoms with E-state index in [0.717, 1.165) is 0 Å². The number of carbonyl (C=O) groups excluding carboxylic acids is 2. The fourth-order valence-electron chi connectivity index (χ4n) is 3.02. The number of likely N-dealkylation sites (N-methyl/N-ethyl adjacent to an activating group) is 1. The molecule has 1 aromatic carbocycles. The van der Waals surface area contributed by atoms with Crippen LogP contribution in [-0.4, -0.2) is 60.3 Å². The number of nitrogens with zero attached hydrogens (tertiary/aromatic N) is 1. The molecule has 0 unspecified atom stereocenters. The molecule has 1 aliphatic heterocycles. The number of benzene rings is 1. The second-order valence-corrected chi connectivity index (χ2v) is 8.19. The predicted octanol–water partition coefficient (Wildman–Crippen LogP) is 1.05. The van der Waals surface area contributed by atoms with Crippen molar-refractivity contribution < 1.29 is 23.1 Å². The molecule has 1 amide bonds. The maximum absolute atomic E-state index is 12.3. The molecule has 0 bridgehead atoms. The first-order valence-corrected chi connectivity index (χ1v) is 9.92. The van der Waals surface area contributed by atoms with Crippen molar-refractivity contribution in [2.45, 2.75) is 38.3 Å². The average Bonchev–Trinajstić information content (AvgIpc) is 2.81. The summed E-state index contributed by atoms with van der Waals surface area (Å²) in [5.41, 5.74) is 0.620. The summed E-state index contributed by atoms with van der Waals surface area (Å²) in [6, 6.07) is 8.21. The van der Waals surface area contributed by atoms with E-state index >= 15 is 0 Å². The van der Waals surface area contributed by atoms with E-state index in [-0.39, 0.29) is 36.0 Å². The number of hydrogen-bond donors (Lipinski definition) is 1. The number of Topliss-reactive ketones (excluding diaryl/α,β-unsaturated/α-hetero) is 1. The van der Waals surface area contributed by atoms with Gasteiger partial charge in [-0.3, -0.25) is 9.59 Å². The molecule has 1 aromatic rings. The number of sulfone groups is 1. The van der Waals surface area contributed by atoms with E-state index in [0.29, 0.717) is 18.5 Å². The van der Waals surface area contributed by atoms with Gasteiger partial charge in [-0.1, -0.05) is 30.3 Å². The smallest absolute Gasteiger partial charge is 0.222 e. The summed E-state index contributed by atoms with van der Waals surface area (Å²) in [7, 11) is -3.30. The zero-order valence-corrected chi connectivity index (χ0v) is 14.5. The third kappa shape index (κ3) is 4.64. The van der Waals surface area contributed by atoms with Crippen LogP contribution in [0, 0.1) is 0 Å². The number of hydrogen-bond acceptors (Lipinski definition) is 5. The molecule has 132 valence electrons. The van der Waals surface area contributed by atoms with Crippen LogP contribution in [0.3, 0.4) is 0 Å². The van der Waals surface area contributed by atoms with E-state index in [2.05, 4.69) is 0 Å². The molecule has 0 aromatic heterocycles. The molecule has 1 heterocycles. The van der Waals surface area contributed by atoms with Crippen LogP contribution in [-0.2, 0) is 14.6 Å². The summed E-state index contributed by atoms with van der Waals surface area (Å²) in [6.07, 6.45) is -0.211. The van der Waals surface area contributed by atoms with Crippen LogP contribution < -0.4 is 0 Å². The maximum atomic E-state index is 12.3. The van der Waals surface area contributed by atoms with Gasteiger partial charge in [-0.25, -0.2) is 8.42 Å². The molecule has 1 fully saturated rings. The van der Waals surface area contributed by atoms with Crippen LogP contribution in [0.2, 0.25) is 0 Å². The third-order valence-corrected chi connectivity index (χ3v) is 5.94. The second-order valence-electron chi connectivity index (χ2n) is 6.03. The molecule has 2 rings (SSSR count). The lowest BCUT2D eigenvalue weighted by molar-refractivity contribution is -0.134. The van der Waals surface area contributed by atoms with Gasteiger partial charge < -0.3 is 10.0 Å². The van der Waals surface area contributed by atoms with Crippen molar-refractivity contribution in [3.63, 3.8) is 0 Å². The Morgan fingerprint density at radius 2 is 1.83 bits per heavy atom. The molecular formula is C17H23NO5S. The number of rotatable bonds is 7. The molecule has 1 aliphatic rings. The molecule has 0 saturated carbocycles. The van der Waals surface area contributed by atoms with Crippen LogP contribution in [0.15, 0.2) is 30.3 Å². The third-order valence-electron chi connectivity index (χ3n) is 4.25. The van der Waals surface area contributed by atoms with E-state index < -0.39 is 22.0 Å². The van der Waals surface area contributed by atoms with Gasteiger partial charge in [-0.2, -0.15) is 0 Å². The highest BCUT2D eigenvalue weighted by Gasteiger charge is 2.41. The first-order chi connectivity index (χ1) is 11.3. The standard InChI is InChI=1S/C17H23NO5S/c1-2-18(14-11-24(22,23)12-16(14)20)17(21)10-6-9-15(19)13-7-4-3-5-8-13/h3-5,7-8,14,16,20H,2,6,9-12H2,1H3/t14-,16-/m1/s1. The summed E-state index contributed by atoms with van der Waals surface area (Å²) in [5, 5.41) is 9.91. The monoisotopic (exact) mass is 353 g/mol. The van der Waals surface area contributed by atoms with Gasteiger partial charge in [0, 0.05) is 24.9 Å². The highest BCUT2D eigenvalue weighted by Crippen LogP contribution is 2.20. The first kappa shape index (κ1) is 18.6.